The molecule has 0 unspecified atom stereocenters. The van der Waals surface area contributed by atoms with Crippen molar-refractivity contribution in [2.75, 3.05) is 25.0 Å². The zero-order chi connectivity index (χ0) is 23.8. The predicted molar refractivity (Wildman–Crippen MR) is 134 cm³/mol. The lowest BCUT2D eigenvalue weighted by Gasteiger charge is -2.33. The zero-order valence-corrected chi connectivity index (χ0v) is 19.5. The minimum Gasteiger partial charge on any atom is -0.494 e. The van der Waals surface area contributed by atoms with Crippen LogP contribution in [0, 0.1) is 0 Å². The summed E-state index contributed by atoms with van der Waals surface area (Å²) in [6.45, 7) is 4.38. The lowest BCUT2D eigenvalue weighted by Crippen LogP contribution is -2.41. The van der Waals surface area contributed by atoms with Crippen molar-refractivity contribution in [3.8, 4) is 5.75 Å². The Morgan fingerprint density at radius 2 is 1.79 bits per heavy atom. The van der Waals surface area contributed by atoms with Gasteiger partial charge in [-0.3, -0.25) is 4.79 Å². The Balaban J connectivity index is 1.35. The summed E-state index contributed by atoms with van der Waals surface area (Å²) >= 11 is 0. The monoisotopic (exact) mass is 457 g/mol. The van der Waals surface area contributed by atoms with Crippen LogP contribution in [0.15, 0.2) is 78.9 Å². The summed E-state index contributed by atoms with van der Waals surface area (Å²) in [6, 6.07) is 24.9. The van der Waals surface area contributed by atoms with Crippen molar-refractivity contribution in [3.05, 3.63) is 95.6 Å². The molecule has 3 aromatic rings. The summed E-state index contributed by atoms with van der Waals surface area (Å²) in [5.74, 6) is 0.888. The Bertz CT molecular complexity index is 1100. The molecule has 1 aliphatic rings. The molecule has 6 nitrogen and oxygen atoms in total. The van der Waals surface area contributed by atoms with Crippen molar-refractivity contribution < 1.29 is 14.3 Å². The van der Waals surface area contributed by atoms with Crippen LogP contribution >= 0.6 is 0 Å². The van der Waals surface area contributed by atoms with E-state index in [1.54, 1.807) is 0 Å². The predicted octanol–water partition coefficient (Wildman–Crippen LogP) is 5.43. The molecule has 34 heavy (non-hydrogen) atoms. The molecule has 0 spiro atoms. The van der Waals surface area contributed by atoms with Crippen LogP contribution in [0.2, 0.25) is 0 Å². The Hall–Kier alpha value is -3.80. The molecule has 1 fully saturated rings. The third-order valence-corrected chi connectivity index (χ3v) is 6.04. The third kappa shape index (κ3) is 6.16. The molecule has 1 heterocycles. The quantitative estimate of drug-likeness (QED) is 0.497. The SMILES string of the molecule is CCOc1ccc(NC(=O)N2CCC[C@@H](c3cccc(C(=O)NCc4ccccc4)c3)C2)cc1. The highest BCUT2D eigenvalue weighted by Gasteiger charge is 2.25. The van der Waals surface area contributed by atoms with Gasteiger partial charge in [0.1, 0.15) is 5.75 Å². The van der Waals surface area contributed by atoms with E-state index in [0.717, 1.165) is 42.0 Å². The van der Waals surface area contributed by atoms with Gasteiger partial charge < -0.3 is 20.3 Å². The number of rotatable bonds is 7. The van der Waals surface area contributed by atoms with Crippen molar-refractivity contribution in [2.24, 2.45) is 0 Å². The van der Waals surface area contributed by atoms with Crippen LogP contribution in [-0.4, -0.2) is 36.5 Å². The number of likely N-dealkylation sites (tertiary alicyclic amines) is 1. The summed E-state index contributed by atoms with van der Waals surface area (Å²) < 4.78 is 5.46. The van der Waals surface area contributed by atoms with E-state index in [1.807, 2.05) is 90.7 Å². The third-order valence-electron chi connectivity index (χ3n) is 6.04. The molecule has 3 aromatic carbocycles. The van der Waals surface area contributed by atoms with Gasteiger partial charge in [0.2, 0.25) is 0 Å². The number of hydrogen-bond donors (Lipinski definition) is 2. The highest BCUT2D eigenvalue weighted by Crippen LogP contribution is 2.28. The van der Waals surface area contributed by atoms with Gasteiger partial charge in [-0.25, -0.2) is 4.79 Å². The van der Waals surface area contributed by atoms with E-state index in [0.29, 0.717) is 25.3 Å². The molecule has 1 aliphatic heterocycles. The first-order valence-corrected chi connectivity index (χ1v) is 11.8. The molecule has 0 radical (unpaired) electrons. The van der Waals surface area contributed by atoms with Crippen LogP contribution in [0.3, 0.4) is 0 Å². The van der Waals surface area contributed by atoms with Gasteiger partial charge in [-0.1, -0.05) is 42.5 Å². The molecule has 2 N–H and O–H groups in total. The number of nitrogens with one attached hydrogen (secondary N) is 2. The maximum atomic E-state index is 12.9. The van der Waals surface area contributed by atoms with Crippen LogP contribution < -0.4 is 15.4 Å². The summed E-state index contributed by atoms with van der Waals surface area (Å²) in [7, 11) is 0. The lowest BCUT2D eigenvalue weighted by atomic mass is 9.89. The highest BCUT2D eigenvalue weighted by molar-refractivity contribution is 5.94. The topological polar surface area (TPSA) is 70.7 Å². The molecule has 6 heteroatoms. The van der Waals surface area contributed by atoms with Gasteiger partial charge >= 0.3 is 6.03 Å². The van der Waals surface area contributed by atoms with Gasteiger partial charge in [0, 0.05) is 36.8 Å². The van der Waals surface area contributed by atoms with E-state index in [-0.39, 0.29) is 17.9 Å². The van der Waals surface area contributed by atoms with Crippen LogP contribution in [0.1, 0.15) is 47.2 Å². The Kier molecular flexibility index (Phi) is 7.81. The molecular formula is C28H31N3O3. The average molecular weight is 458 g/mol. The summed E-state index contributed by atoms with van der Waals surface area (Å²) in [6.07, 6.45) is 1.91. The standard InChI is InChI=1S/C28H31N3O3/c1-2-34-26-15-13-25(14-16-26)30-28(33)31-17-7-12-24(20-31)22-10-6-11-23(18-22)27(32)29-19-21-8-4-3-5-9-21/h3-6,8-11,13-16,18,24H,2,7,12,17,19-20H2,1H3,(H,29,32)(H,30,33)/t24-/m1/s1. The maximum Gasteiger partial charge on any atom is 0.321 e. The largest absolute Gasteiger partial charge is 0.494 e. The summed E-state index contributed by atoms with van der Waals surface area (Å²) in [5, 5.41) is 5.97. The fourth-order valence-electron chi connectivity index (χ4n) is 4.25. The Labute approximate surface area is 200 Å². The van der Waals surface area contributed by atoms with Crippen molar-refractivity contribution in [1.29, 1.82) is 0 Å². The van der Waals surface area contributed by atoms with E-state index in [2.05, 4.69) is 10.6 Å². The number of urea groups is 1. The summed E-state index contributed by atoms with van der Waals surface area (Å²) in [4.78, 5) is 27.4. The van der Waals surface area contributed by atoms with E-state index in [9.17, 15) is 9.59 Å². The highest BCUT2D eigenvalue weighted by atomic mass is 16.5. The number of piperidine rings is 1. The van der Waals surface area contributed by atoms with Crippen LogP contribution in [0.5, 0.6) is 5.75 Å². The fourth-order valence-corrected chi connectivity index (χ4v) is 4.25. The maximum absolute atomic E-state index is 12.9. The lowest BCUT2D eigenvalue weighted by molar-refractivity contribution is 0.0950. The number of ether oxygens (including phenoxy) is 1. The van der Waals surface area contributed by atoms with Gasteiger partial charge in [0.25, 0.3) is 5.91 Å². The minimum atomic E-state index is -0.106. The van der Waals surface area contributed by atoms with Gasteiger partial charge in [0.15, 0.2) is 0 Å². The first-order valence-electron chi connectivity index (χ1n) is 11.8. The molecule has 1 atom stereocenters. The fraction of sp³-hybridized carbons (Fsp3) is 0.286. The molecule has 4 rings (SSSR count). The number of anilines is 1. The zero-order valence-electron chi connectivity index (χ0n) is 19.5. The van der Waals surface area contributed by atoms with Gasteiger partial charge in [-0.15, -0.1) is 0 Å². The van der Waals surface area contributed by atoms with Crippen molar-refractivity contribution in [1.82, 2.24) is 10.2 Å². The first-order chi connectivity index (χ1) is 16.6. The molecule has 0 aromatic heterocycles. The van der Waals surface area contributed by atoms with Crippen molar-refractivity contribution >= 4 is 17.6 Å². The molecular weight excluding hydrogens is 426 g/mol. The molecule has 0 bridgehead atoms. The molecule has 0 saturated carbocycles. The van der Waals surface area contributed by atoms with Crippen molar-refractivity contribution in [2.45, 2.75) is 32.2 Å². The number of nitrogens with zero attached hydrogens (tertiary/aromatic N) is 1. The number of carbonyl (C=O) groups is 2. The molecule has 176 valence electrons. The molecule has 1 saturated heterocycles. The van der Waals surface area contributed by atoms with Gasteiger partial charge in [-0.05, 0) is 67.3 Å². The van der Waals surface area contributed by atoms with E-state index in [1.165, 1.54) is 0 Å². The Morgan fingerprint density at radius 3 is 2.56 bits per heavy atom. The van der Waals surface area contributed by atoms with Gasteiger partial charge in [-0.2, -0.15) is 0 Å². The molecule has 3 amide bonds. The number of carbonyl (C=O) groups excluding carboxylic acids is 2. The molecule has 0 aliphatic carbocycles. The number of amides is 3. The normalized spacial score (nSPS) is 15.4. The van der Waals surface area contributed by atoms with Crippen LogP contribution in [-0.2, 0) is 6.54 Å². The van der Waals surface area contributed by atoms with E-state index in [4.69, 9.17) is 4.74 Å². The van der Waals surface area contributed by atoms with E-state index < -0.39 is 0 Å². The Morgan fingerprint density at radius 1 is 1.00 bits per heavy atom. The number of benzene rings is 3. The summed E-state index contributed by atoms with van der Waals surface area (Å²) in [5.41, 5.74) is 3.54. The first kappa shape index (κ1) is 23.4. The van der Waals surface area contributed by atoms with Crippen LogP contribution in [0.25, 0.3) is 0 Å². The number of hydrogen-bond acceptors (Lipinski definition) is 3. The second kappa shape index (κ2) is 11.4. The van der Waals surface area contributed by atoms with Crippen molar-refractivity contribution in [3.63, 3.8) is 0 Å². The van der Waals surface area contributed by atoms with Gasteiger partial charge in [0.05, 0.1) is 6.61 Å². The second-order valence-corrected chi connectivity index (χ2v) is 8.47. The minimum absolute atomic E-state index is 0.0911. The average Bonchev–Trinajstić information content (AvgIpc) is 2.89. The second-order valence-electron chi connectivity index (χ2n) is 8.47. The van der Waals surface area contributed by atoms with Crippen LogP contribution in [0.4, 0.5) is 10.5 Å². The van der Waals surface area contributed by atoms with E-state index >= 15 is 0 Å². The smallest absolute Gasteiger partial charge is 0.321 e.